The van der Waals surface area contributed by atoms with Gasteiger partial charge in [-0.2, -0.15) is 0 Å². The first-order valence-electron chi connectivity index (χ1n) is 12.6. The van der Waals surface area contributed by atoms with Crippen LogP contribution in [-0.4, -0.2) is 52.7 Å². The van der Waals surface area contributed by atoms with E-state index in [2.05, 4.69) is 29.6 Å². The predicted octanol–water partition coefficient (Wildman–Crippen LogP) is 4.16. The number of benzene rings is 2. The fourth-order valence-electron chi connectivity index (χ4n) is 6.46. The quantitative estimate of drug-likeness (QED) is 0.628. The number of carboxylic acids is 1. The predicted molar refractivity (Wildman–Crippen MR) is 129 cm³/mol. The molecule has 0 saturated heterocycles. The van der Waals surface area contributed by atoms with Gasteiger partial charge in [0.15, 0.2) is 0 Å². The van der Waals surface area contributed by atoms with Crippen LogP contribution in [0, 0.1) is 11.3 Å². The largest absolute Gasteiger partial charge is 0.480 e. The van der Waals surface area contributed by atoms with Gasteiger partial charge in [0, 0.05) is 18.0 Å². The summed E-state index contributed by atoms with van der Waals surface area (Å²) >= 11 is 0. The second kappa shape index (κ2) is 8.11. The molecule has 2 amide bonds. The van der Waals surface area contributed by atoms with Crippen LogP contribution in [0.3, 0.4) is 0 Å². The summed E-state index contributed by atoms with van der Waals surface area (Å²) < 4.78 is 5.69. The minimum Gasteiger partial charge on any atom is -0.480 e. The van der Waals surface area contributed by atoms with E-state index in [1.54, 1.807) is 11.8 Å². The Morgan fingerprint density at radius 3 is 2.29 bits per heavy atom. The van der Waals surface area contributed by atoms with E-state index >= 15 is 0 Å². The third kappa shape index (κ3) is 3.68. The number of carboxylic acid groups (broad SMARTS) is 1. The average Bonchev–Trinajstić information content (AvgIpc) is 3.75. The smallest absolute Gasteiger partial charge is 0.407 e. The maximum absolute atomic E-state index is 13.4. The SMILES string of the molecule is CC(C(=O)O)N(C(=O)C12CC(NC(=O)OCC3c4ccccc4-c4ccccc43)CC1C2)C1CC1. The third-order valence-electron chi connectivity index (χ3n) is 8.45. The highest BCUT2D eigenvalue weighted by Gasteiger charge is 2.67. The Kier molecular flexibility index (Phi) is 5.13. The van der Waals surface area contributed by atoms with Gasteiger partial charge in [0.1, 0.15) is 12.6 Å². The zero-order valence-corrected chi connectivity index (χ0v) is 19.8. The number of carbonyl (C=O) groups is 3. The summed E-state index contributed by atoms with van der Waals surface area (Å²) in [5, 5.41) is 12.5. The summed E-state index contributed by atoms with van der Waals surface area (Å²) in [6.45, 7) is 1.85. The van der Waals surface area contributed by atoms with E-state index in [4.69, 9.17) is 4.74 Å². The van der Waals surface area contributed by atoms with Gasteiger partial charge in [0.2, 0.25) is 5.91 Å². The van der Waals surface area contributed by atoms with Crippen LogP contribution in [0.25, 0.3) is 11.1 Å². The average molecular weight is 475 g/mol. The van der Waals surface area contributed by atoms with Crippen molar-refractivity contribution in [3.63, 3.8) is 0 Å². The van der Waals surface area contributed by atoms with Crippen molar-refractivity contribution in [2.45, 2.75) is 63.1 Å². The van der Waals surface area contributed by atoms with Gasteiger partial charge in [-0.05, 0) is 67.2 Å². The van der Waals surface area contributed by atoms with Crippen LogP contribution in [-0.2, 0) is 14.3 Å². The summed E-state index contributed by atoms with van der Waals surface area (Å²) in [6.07, 6.45) is 3.34. The number of amides is 2. The molecule has 2 aromatic rings. The van der Waals surface area contributed by atoms with Crippen LogP contribution < -0.4 is 5.32 Å². The van der Waals surface area contributed by atoms with Crippen molar-refractivity contribution in [2.24, 2.45) is 11.3 Å². The first kappa shape index (κ1) is 22.1. The molecule has 4 aliphatic carbocycles. The number of fused-ring (bicyclic) bond motifs is 4. The van der Waals surface area contributed by atoms with Crippen LogP contribution in [0.15, 0.2) is 48.5 Å². The molecule has 3 saturated carbocycles. The van der Waals surface area contributed by atoms with Gasteiger partial charge in [-0.15, -0.1) is 0 Å². The zero-order chi connectivity index (χ0) is 24.3. The Morgan fingerprint density at radius 2 is 1.69 bits per heavy atom. The topological polar surface area (TPSA) is 95.9 Å². The second-order valence-electron chi connectivity index (χ2n) is 10.6. The van der Waals surface area contributed by atoms with Gasteiger partial charge in [0.05, 0.1) is 5.41 Å². The number of hydrogen-bond donors (Lipinski definition) is 2. The summed E-state index contributed by atoms with van der Waals surface area (Å²) in [6, 6.07) is 15.5. The maximum atomic E-state index is 13.4. The standard InChI is InChI=1S/C28H30N2O5/c1-16(25(31)32)30(19-10-11-19)26(33)28-13-17(28)12-18(14-28)29-27(34)35-15-24-22-8-4-2-6-20(22)21-7-3-5-9-23(21)24/h2-9,16-19,24H,10-15H2,1H3,(H,29,34)(H,31,32). The number of nitrogens with zero attached hydrogens (tertiary/aromatic N) is 1. The lowest BCUT2D eigenvalue weighted by molar-refractivity contribution is -0.152. The highest BCUT2D eigenvalue weighted by atomic mass is 16.5. The van der Waals surface area contributed by atoms with Gasteiger partial charge in [-0.3, -0.25) is 4.79 Å². The van der Waals surface area contributed by atoms with Gasteiger partial charge >= 0.3 is 12.1 Å². The molecule has 35 heavy (non-hydrogen) atoms. The van der Waals surface area contributed by atoms with Gasteiger partial charge in [-0.1, -0.05) is 48.5 Å². The lowest BCUT2D eigenvalue weighted by Crippen LogP contribution is -2.48. The molecular formula is C28H30N2O5. The normalized spacial score (nSPS) is 26.8. The molecule has 2 N–H and O–H groups in total. The molecule has 2 aromatic carbocycles. The van der Waals surface area contributed by atoms with Crippen LogP contribution in [0.1, 0.15) is 56.1 Å². The van der Waals surface area contributed by atoms with Crippen molar-refractivity contribution < 1.29 is 24.2 Å². The molecule has 4 atom stereocenters. The molecule has 4 aliphatic rings. The molecule has 3 fully saturated rings. The number of ether oxygens (including phenoxy) is 1. The molecule has 182 valence electrons. The fraction of sp³-hybridized carbons (Fsp3) is 0.464. The Labute approximate surface area is 204 Å². The molecule has 0 aromatic heterocycles. The molecule has 7 heteroatoms. The summed E-state index contributed by atoms with van der Waals surface area (Å²) in [5.74, 6) is -0.805. The Morgan fingerprint density at radius 1 is 1.06 bits per heavy atom. The first-order valence-corrected chi connectivity index (χ1v) is 12.6. The van der Waals surface area contributed by atoms with Crippen LogP contribution in [0.2, 0.25) is 0 Å². The highest BCUT2D eigenvalue weighted by molar-refractivity contribution is 5.91. The fourth-order valence-corrected chi connectivity index (χ4v) is 6.46. The Balaban J connectivity index is 1.08. The van der Waals surface area contributed by atoms with E-state index in [-0.39, 0.29) is 36.4 Å². The molecule has 0 aliphatic heterocycles. The number of alkyl carbamates (subject to hydrolysis) is 1. The summed E-state index contributed by atoms with van der Waals surface area (Å²) in [5.41, 5.74) is 4.18. The highest BCUT2D eigenvalue weighted by Crippen LogP contribution is 2.65. The minimum atomic E-state index is -0.967. The van der Waals surface area contributed by atoms with E-state index in [9.17, 15) is 19.5 Å². The number of hydrogen-bond acceptors (Lipinski definition) is 4. The van der Waals surface area contributed by atoms with Crippen LogP contribution >= 0.6 is 0 Å². The maximum Gasteiger partial charge on any atom is 0.407 e. The van der Waals surface area contributed by atoms with Crippen LogP contribution in [0.5, 0.6) is 0 Å². The summed E-state index contributed by atoms with van der Waals surface area (Å²) in [7, 11) is 0. The lowest BCUT2D eigenvalue weighted by atomic mass is 9.98. The van der Waals surface area contributed by atoms with Crippen molar-refractivity contribution >= 4 is 18.0 Å². The monoisotopic (exact) mass is 474 g/mol. The molecule has 0 radical (unpaired) electrons. The lowest BCUT2D eigenvalue weighted by Gasteiger charge is -2.30. The third-order valence-corrected chi connectivity index (χ3v) is 8.45. The van der Waals surface area contributed by atoms with Gasteiger partial charge < -0.3 is 20.1 Å². The number of nitrogens with one attached hydrogen (secondary N) is 1. The van der Waals surface area contributed by atoms with E-state index in [0.717, 1.165) is 25.7 Å². The molecule has 0 spiro atoms. The summed E-state index contributed by atoms with van der Waals surface area (Å²) in [4.78, 5) is 39.3. The van der Waals surface area contributed by atoms with Crippen molar-refractivity contribution in [1.82, 2.24) is 10.2 Å². The second-order valence-corrected chi connectivity index (χ2v) is 10.6. The number of aliphatic carboxylic acids is 1. The van der Waals surface area contributed by atoms with E-state index < -0.39 is 23.5 Å². The van der Waals surface area contributed by atoms with Crippen molar-refractivity contribution in [1.29, 1.82) is 0 Å². The van der Waals surface area contributed by atoms with Crippen LogP contribution in [0.4, 0.5) is 4.79 Å². The van der Waals surface area contributed by atoms with Crippen molar-refractivity contribution in [2.75, 3.05) is 6.61 Å². The number of rotatable bonds is 7. The molecule has 0 bridgehead atoms. The van der Waals surface area contributed by atoms with Gasteiger partial charge in [-0.25, -0.2) is 9.59 Å². The zero-order valence-electron chi connectivity index (χ0n) is 19.8. The Hall–Kier alpha value is -3.35. The number of carbonyl (C=O) groups excluding carboxylic acids is 2. The van der Waals surface area contributed by atoms with Crippen molar-refractivity contribution in [3.05, 3.63) is 59.7 Å². The molecule has 0 heterocycles. The molecule has 6 rings (SSSR count). The molecular weight excluding hydrogens is 444 g/mol. The molecule has 7 nitrogen and oxygen atoms in total. The minimum absolute atomic E-state index is 0.00246. The Bertz CT molecular complexity index is 1160. The van der Waals surface area contributed by atoms with E-state index in [1.807, 2.05) is 24.3 Å². The molecule has 4 unspecified atom stereocenters. The van der Waals surface area contributed by atoms with Gasteiger partial charge in [0.25, 0.3) is 0 Å². The van der Waals surface area contributed by atoms with Crippen molar-refractivity contribution in [3.8, 4) is 11.1 Å². The first-order chi connectivity index (χ1) is 16.9. The van der Waals surface area contributed by atoms with E-state index in [0.29, 0.717) is 6.42 Å². The van der Waals surface area contributed by atoms with E-state index in [1.165, 1.54) is 22.3 Å².